The summed E-state index contributed by atoms with van der Waals surface area (Å²) >= 11 is 0. The molecule has 0 saturated carbocycles. The van der Waals surface area contributed by atoms with Crippen molar-refractivity contribution >= 4 is 15.9 Å². The van der Waals surface area contributed by atoms with Gasteiger partial charge in [0, 0.05) is 19.3 Å². The van der Waals surface area contributed by atoms with Crippen LogP contribution in [0.2, 0.25) is 0 Å². The average Bonchev–Trinajstić information content (AvgIpc) is 2.68. The second kappa shape index (κ2) is 6.41. The second-order valence-corrected chi connectivity index (χ2v) is 7.12. The number of nitrogens with two attached hydrogens (primary N) is 1. The van der Waals surface area contributed by atoms with Crippen molar-refractivity contribution in [2.24, 2.45) is 18.1 Å². The highest BCUT2D eigenvalue weighted by molar-refractivity contribution is 7.89. The topological polar surface area (TPSA) is 94.2 Å². The lowest BCUT2D eigenvalue weighted by Crippen LogP contribution is -2.33. The molecule has 20 heavy (non-hydrogen) atoms. The van der Waals surface area contributed by atoms with E-state index in [1.54, 1.807) is 7.05 Å². The van der Waals surface area contributed by atoms with Crippen molar-refractivity contribution in [1.29, 1.82) is 0 Å². The van der Waals surface area contributed by atoms with Crippen LogP contribution in [-0.4, -0.2) is 24.9 Å². The first-order chi connectivity index (χ1) is 9.11. The highest BCUT2D eigenvalue weighted by Gasteiger charge is 2.18. The lowest BCUT2D eigenvalue weighted by molar-refractivity contribution is 0.0929. The Bertz CT molecular complexity index is 576. The molecule has 7 heteroatoms. The number of hydrogen-bond donors (Lipinski definition) is 2. The lowest BCUT2D eigenvalue weighted by Gasteiger charge is -2.15. The molecule has 114 valence electrons. The van der Waals surface area contributed by atoms with Crippen molar-refractivity contribution in [3.63, 3.8) is 0 Å². The van der Waals surface area contributed by atoms with E-state index in [0.717, 1.165) is 12.8 Å². The van der Waals surface area contributed by atoms with E-state index in [0.29, 0.717) is 5.92 Å². The molecule has 0 radical (unpaired) electrons. The van der Waals surface area contributed by atoms with Gasteiger partial charge in [0.15, 0.2) is 0 Å². The van der Waals surface area contributed by atoms with E-state index >= 15 is 0 Å². The Kier molecular flexibility index (Phi) is 5.35. The summed E-state index contributed by atoms with van der Waals surface area (Å²) in [6.07, 6.45) is 3.25. The molecule has 6 nitrogen and oxygen atoms in total. The number of primary sulfonamides is 1. The number of carbonyl (C=O) groups excluding carboxylic acids is 1. The van der Waals surface area contributed by atoms with E-state index in [9.17, 15) is 13.2 Å². The third-order valence-corrected chi connectivity index (χ3v) is 3.98. The molecule has 0 aromatic carbocycles. The van der Waals surface area contributed by atoms with Gasteiger partial charge in [-0.25, -0.2) is 13.6 Å². The Balaban J connectivity index is 2.76. The molecule has 0 aliphatic carbocycles. The fourth-order valence-corrected chi connectivity index (χ4v) is 2.45. The molecular formula is C13H23N3O3S. The van der Waals surface area contributed by atoms with E-state index in [4.69, 9.17) is 5.14 Å². The third kappa shape index (κ3) is 4.64. The van der Waals surface area contributed by atoms with Crippen LogP contribution in [0.5, 0.6) is 0 Å². The van der Waals surface area contributed by atoms with Gasteiger partial charge in [0.2, 0.25) is 10.0 Å². The largest absolute Gasteiger partial charge is 0.348 e. The summed E-state index contributed by atoms with van der Waals surface area (Å²) in [4.78, 5) is 12.0. The highest BCUT2D eigenvalue weighted by Crippen LogP contribution is 2.13. The zero-order chi connectivity index (χ0) is 15.5. The van der Waals surface area contributed by atoms with Crippen molar-refractivity contribution < 1.29 is 13.2 Å². The first kappa shape index (κ1) is 16.7. The van der Waals surface area contributed by atoms with Crippen molar-refractivity contribution in [2.45, 2.75) is 44.6 Å². The van der Waals surface area contributed by atoms with Crippen molar-refractivity contribution in [3.05, 3.63) is 18.0 Å². The number of hydrogen-bond acceptors (Lipinski definition) is 3. The van der Waals surface area contributed by atoms with Crippen LogP contribution >= 0.6 is 0 Å². The smallest absolute Gasteiger partial charge is 0.268 e. The SMILES string of the molecule is CC(C)CCC(C)NC(=O)c1cc(S(N)(=O)=O)cn1C. The standard InChI is InChI=1S/C13H23N3O3S/c1-9(2)5-6-10(3)15-13(17)12-7-11(8-16(12)4)20(14,18)19/h7-10H,5-6H2,1-4H3,(H,15,17)(H2,14,18,19). The Morgan fingerprint density at radius 1 is 1.35 bits per heavy atom. The zero-order valence-corrected chi connectivity index (χ0v) is 13.2. The number of nitrogens with one attached hydrogen (secondary N) is 1. The lowest BCUT2D eigenvalue weighted by atomic mass is 10.0. The van der Waals surface area contributed by atoms with Gasteiger partial charge in [0.1, 0.15) is 10.6 Å². The fraction of sp³-hybridized carbons (Fsp3) is 0.615. The maximum absolute atomic E-state index is 12.1. The zero-order valence-electron chi connectivity index (χ0n) is 12.4. The number of aryl methyl sites for hydroxylation is 1. The number of aromatic nitrogens is 1. The van der Waals surface area contributed by atoms with Gasteiger partial charge in [-0.1, -0.05) is 13.8 Å². The molecule has 1 amide bonds. The van der Waals surface area contributed by atoms with Gasteiger partial charge in [-0.05, 0) is 31.7 Å². The summed E-state index contributed by atoms with van der Waals surface area (Å²) < 4.78 is 24.0. The summed E-state index contributed by atoms with van der Waals surface area (Å²) in [7, 11) is -2.18. The summed E-state index contributed by atoms with van der Waals surface area (Å²) in [6, 6.07) is 1.33. The Morgan fingerprint density at radius 2 is 1.95 bits per heavy atom. The minimum Gasteiger partial charge on any atom is -0.348 e. The molecule has 1 aromatic heterocycles. The molecular weight excluding hydrogens is 278 g/mol. The number of sulfonamides is 1. The summed E-state index contributed by atoms with van der Waals surface area (Å²) in [6.45, 7) is 6.19. The van der Waals surface area contributed by atoms with Gasteiger partial charge in [-0.15, -0.1) is 0 Å². The van der Waals surface area contributed by atoms with Crippen LogP contribution in [0.4, 0.5) is 0 Å². The number of carbonyl (C=O) groups is 1. The van der Waals surface area contributed by atoms with Crippen LogP contribution in [-0.2, 0) is 17.1 Å². The maximum Gasteiger partial charge on any atom is 0.268 e. The van der Waals surface area contributed by atoms with Crippen LogP contribution in [0.25, 0.3) is 0 Å². The van der Waals surface area contributed by atoms with Gasteiger partial charge in [-0.2, -0.15) is 0 Å². The van der Waals surface area contributed by atoms with Crippen LogP contribution in [0.3, 0.4) is 0 Å². The molecule has 1 rings (SSSR count). The van der Waals surface area contributed by atoms with Gasteiger partial charge in [0.05, 0.1) is 0 Å². The van der Waals surface area contributed by atoms with Crippen molar-refractivity contribution in [1.82, 2.24) is 9.88 Å². The predicted octanol–water partition coefficient (Wildman–Crippen LogP) is 1.23. The predicted molar refractivity (Wildman–Crippen MR) is 77.8 cm³/mol. The van der Waals surface area contributed by atoms with Crippen LogP contribution < -0.4 is 10.5 Å². The van der Waals surface area contributed by atoms with E-state index in [1.165, 1.54) is 16.8 Å². The van der Waals surface area contributed by atoms with E-state index in [1.807, 2.05) is 6.92 Å². The molecule has 0 saturated heterocycles. The maximum atomic E-state index is 12.1. The van der Waals surface area contributed by atoms with Crippen molar-refractivity contribution in [2.75, 3.05) is 0 Å². The van der Waals surface area contributed by atoms with Gasteiger partial charge in [0.25, 0.3) is 5.91 Å². The normalized spacial score (nSPS) is 13.5. The number of amides is 1. The molecule has 0 aliphatic heterocycles. The van der Waals surface area contributed by atoms with Crippen LogP contribution in [0.15, 0.2) is 17.2 Å². The average molecular weight is 301 g/mol. The van der Waals surface area contributed by atoms with Crippen molar-refractivity contribution in [3.8, 4) is 0 Å². The quantitative estimate of drug-likeness (QED) is 0.827. The molecule has 3 N–H and O–H groups in total. The highest BCUT2D eigenvalue weighted by atomic mass is 32.2. The second-order valence-electron chi connectivity index (χ2n) is 5.56. The first-order valence-corrected chi connectivity index (χ1v) is 8.16. The van der Waals surface area contributed by atoms with Gasteiger partial charge < -0.3 is 9.88 Å². The summed E-state index contributed by atoms with van der Waals surface area (Å²) in [5.74, 6) is 0.289. The Labute approximate surface area is 120 Å². The number of nitrogens with zero attached hydrogens (tertiary/aromatic N) is 1. The molecule has 0 bridgehead atoms. The fourth-order valence-electron chi connectivity index (χ4n) is 1.87. The summed E-state index contributed by atoms with van der Waals surface area (Å²) in [5.41, 5.74) is 0.283. The minimum absolute atomic E-state index is 0.0396. The van der Waals surface area contributed by atoms with E-state index < -0.39 is 10.0 Å². The van der Waals surface area contributed by atoms with Crippen LogP contribution in [0, 0.1) is 5.92 Å². The number of rotatable bonds is 6. The molecule has 1 aromatic rings. The molecule has 0 aliphatic rings. The molecule has 1 unspecified atom stereocenters. The monoisotopic (exact) mass is 301 g/mol. The minimum atomic E-state index is -3.79. The van der Waals surface area contributed by atoms with Gasteiger partial charge >= 0.3 is 0 Å². The van der Waals surface area contributed by atoms with Crippen LogP contribution in [0.1, 0.15) is 44.1 Å². The van der Waals surface area contributed by atoms with E-state index in [2.05, 4.69) is 19.2 Å². The van der Waals surface area contributed by atoms with Gasteiger partial charge in [-0.3, -0.25) is 4.79 Å². The Morgan fingerprint density at radius 3 is 2.40 bits per heavy atom. The molecule has 1 heterocycles. The summed E-state index contributed by atoms with van der Waals surface area (Å²) in [5, 5.41) is 7.91. The molecule has 1 atom stereocenters. The first-order valence-electron chi connectivity index (χ1n) is 6.61. The van der Waals surface area contributed by atoms with E-state index in [-0.39, 0.29) is 22.5 Å². The third-order valence-electron chi connectivity index (χ3n) is 3.10. The molecule has 0 fully saturated rings. The Hall–Kier alpha value is -1.34. The molecule has 0 spiro atoms.